The summed E-state index contributed by atoms with van der Waals surface area (Å²) in [5.41, 5.74) is -0.843. The normalized spacial score (nSPS) is 17.1. The maximum Gasteiger partial charge on any atom is 0.323 e. The molecule has 96 valence electrons. The molecule has 2 atom stereocenters. The number of likely N-dealkylation sites (N-methyl/N-ethyl adjacent to an activating group) is 1. The molecule has 4 heteroatoms. The van der Waals surface area contributed by atoms with Gasteiger partial charge in [-0.05, 0) is 39.7 Å². The highest BCUT2D eigenvalue weighted by Crippen LogP contribution is 2.13. The molecule has 2 N–H and O–H groups in total. The highest BCUT2D eigenvalue weighted by atomic mass is 16.5. The third-order valence-electron chi connectivity index (χ3n) is 3.16. The van der Waals surface area contributed by atoms with Crippen LogP contribution < -0.4 is 5.32 Å². The number of carboxylic acids is 1. The van der Waals surface area contributed by atoms with Crippen molar-refractivity contribution < 1.29 is 14.6 Å². The summed E-state index contributed by atoms with van der Waals surface area (Å²) in [6.45, 7) is 8.57. The van der Waals surface area contributed by atoms with Gasteiger partial charge in [-0.2, -0.15) is 0 Å². The van der Waals surface area contributed by atoms with E-state index in [0.717, 1.165) is 6.42 Å². The average molecular weight is 231 g/mol. The Bertz CT molecular complexity index is 218. The fraction of sp³-hybridized carbons (Fsp3) is 0.917. The Balaban J connectivity index is 3.85. The zero-order chi connectivity index (χ0) is 12.8. The third kappa shape index (κ3) is 4.94. The Labute approximate surface area is 98.4 Å². The summed E-state index contributed by atoms with van der Waals surface area (Å²) in [6, 6.07) is 0. The van der Waals surface area contributed by atoms with Crippen molar-refractivity contribution in [1.29, 1.82) is 0 Å². The van der Waals surface area contributed by atoms with Gasteiger partial charge in [0.1, 0.15) is 5.54 Å². The Morgan fingerprint density at radius 1 is 1.44 bits per heavy atom. The molecule has 0 heterocycles. The summed E-state index contributed by atoms with van der Waals surface area (Å²) in [7, 11) is 1.67. The highest BCUT2D eigenvalue weighted by molar-refractivity contribution is 5.78. The van der Waals surface area contributed by atoms with Crippen LogP contribution in [0.25, 0.3) is 0 Å². The first-order valence-electron chi connectivity index (χ1n) is 5.87. The first kappa shape index (κ1) is 15.4. The summed E-state index contributed by atoms with van der Waals surface area (Å²) in [5.74, 6) is -0.318. The summed E-state index contributed by atoms with van der Waals surface area (Å²) < 4.78 is 5.60. The highest BCUT2D eigenvalue weighted by Gasteiger charge is 2.30. The molecule has 0 aliphatic heterocycles. The predicted molar refractivity (Wildman–Crippen MR) is 64.6 cm³/mol. The minimum absolute atomic E-state index is 0.227. The summed E-state index contributed by atoms with van der Waals surface area (Å²) in [6.07, 6.45) is 1.55. The molecule has 16 heavy (non-hydrogen) atoms. The van der Waals surface area contributed by atoms with Crippen molar-refractivity contribution in [3.05, 3.63) is 0 Å². The van der Waals surface area contributed by atoms with Crippen LogP contribution in [0.3, 0.4) is 0 Å². The van der Waals surface area contributed by atoms with Crippen molar-refractivity contribution in [2.24, 2.45) is 5.92 Å². The number of ether oxygens (including phenoxy) is 1. The summed E-state index contributed by atoms with van der Waals surface area (Å²) >= 11 is 0. The zero-order valence-corrected chi connectivity index (χ0v) is 11.0. The molecule has 0 aliphatic carbocycles. The number of aliphatic carboxylic acids is 1. The fourth-order valence-electron chi connectivity index (χ4n) is 1.23. The quantitative estimate of drug-likeness (QED) is 0.626. The molecular formula is C12H25NO3. The minimum atomic E-state index is -0.843. The van der Waals surface area contributed by atoms with Gasteiger partial charge in [0.2, 0.25) is 0 Å². The number of hydrogen-bond acceptors (Lipinski definition) is 3. The van der Waals surface area contributed by atoms with Crippen LogP contribution >= 0.6 is 0 Å². The van der Waals surface area contributed by atoms with Gasteiger partial charge >= 0.3 is 5.97 Å². The van der Waals surface area contributed by atoms with E-state index in [1.807, 2.05) is 6.92 Å². The number of rotatable bonds is 8. The zero-order valence-electron chi connectivity index (χ0n) is 11.0. The minimum Gasteiger partial charge on any atom is -0.480 e. The van der Waals surface area contributed by atoms with Crippen LogP contribution in [0.2, 0.25) is 0 Å². The van der Waals surface area contributed by atoms with Crippen molar-refractivity contribution >= 4 is 5.97 Å². The van der Waals surface area contributed by atoms with Gasteiger partial charge in [-0.15, -0.1) is 0 Å². The van der Waals surface area contributed by atoms with E-state index in [2.05, 4.69) is 19.2 Å². The SMILES string of the molecule is CNC(C)(CCCOC(C)C(C)C)C(=O)O. The molecule has 0 saturated heterocycles. The molecule has 0 fully saturated rings. The van der Waals surface area contributed by atoms with Crippen molar-refractivity contribution in [1.82, 2.24) is 5.32 Å². The summed E-state index contributed by atoms with van der Waals surface area (Å²) in [5, 5.41) is 11.9. The molecule has 0 radical (unpaired) electrons. The molecule has 0 saturated carbocycles. The molecule has 0 bridgehead atoms. The van der Waals surface area contributed by atoms with Crippen LogP contribution in [-0.4, -0.2) is 36.4 Å². The van der Waals surface area contributed by atoms with E-state index >= 15 is 0 Å². The Hall–Kier alpha value is -0.610. The van der Waals surface area contributed by atoms with Crippen molar-refractivity contribution in [2.75, 3.05) is 13.7 Å². The van der Waals surface area contributed by atoms with Gasteiger partial charge < -0.3 is 15.2 Å². The second kappa shape index (κ2) is 6.86. The van der Waals surface area contributed by atoms with E-state index in [4.69, 9.17) is 9.84 Å². The van der Waals surface area contributed by atoms with E-state index < -0.39 is 11.5 Å². The van der Waals surface area contributed by atoms with Gasteiger partial charge in [0.25, 0.3) is 0 Å². The molecular weight excluding hydrogens is 206 g/mol. The molecule has 0 aliphatic rings. The number of nitrogens with one attached hydrogen (secondary N) is 1. The second-order valence-electron chi connectivity index (χ2n) is 4.81. The van der Waals surface area contributed by atoms with Crippen LogP contribution in [0.5, 0.6) is 0 Å². The number of carboxylic acid groups (broad SMARTS) is 1. The molecule has 4 nitrogen and oxygen atoms in total. The van der Waals surface area contributed by atoms with Crippen LogP contribution in [0, 0.1) is 5.92 Å². The monoisotopic (exact) mass is 231 g/mol. The Morgan fingerprint density at radius 2 is 2.00 bits per heavy atom. The van der Waals surface area contributed by atoms with Crippen LogP contribution in [0.15, 0.2) is 0 Å². The lowest BCUT2D eigenvalue weighted by Gasteiger charge is -2.24. The molecule has 0 rings (SSSR count). The van der Waals surface area contributed by atoms with E-state index in [9.17, 15) is 4.79 Å². The van der Waals surface area contributed by atoms with Crippen molar-refractivity contribution in [2.45, 2.75) is 52.2 Å². The molecule has 0 aromatic rings. The topological polar surface area (TPSA) is 58.6 Å². The van der Waals surface area contributed by atoms with Crippen LogP contribution in [-0.2, 0) is 9.53 Å². The lowest BCUT2D eigenvalue weighted by Crippen LogP contribution is -2.47. The van der Waals surface area contributed by atoms with E-state index in [-0.39, 0.29) is 6.10 Å². The second-order valence-corrected chi connectivity index (χ2v) is 4.81. The standard InChI is InChI=1S/C12H25NO3/c1-9(2)10(3)16-8-6-7-12(4,13-5)11(14)15/h9-10,13H,6-8H2,1-5H3,(H,14,15). The maximum atomic E-state index is 11.0. The van der Waals surface area contributed by atoms with Gasteiger partial charge in [0, 0.05) is 6.61 Å². The van der Waals surface area contributed by atoms with Crippen molar-refractivity contribution in [3.8, 4) is 0 Å². The Morgan fingerprint density at radius 3 is 2.38 bits per heavy atom. The lowest BCUT2D eigenvalue weighted by atomic mass is 9.96. The Kier molecular flexibility index (Phi) is 6.60. The molecule has 0 amide bonds. The number of carbonyl (C=O) groups is 1. The maximum absolute atomic E-state index is 11.0. The predicted octanol–water partition coefficient (Wildman–Crippen LogP) is 1.89. The van der Waals surface area contributed by atoms with Gasteiger partial charge in [0.05, 0.1) is 6.10 Å². The van der Waals surface area contributed by atoms with E-state index in [1.165, 1.54) is 0 Å². The van der Waals surface area contributed by atoms with Gasteiger partial charge in [0.15, 0.2) is 0 Å². The van der Waals surface area contributed by atoms with Crippen molar-refractivity contribution in [3.63, 3.8) is 0 Å². The molecule has 0 aromatic heterocycles. The third-order valence-corrected chi connectivity index (χ3v) is 3.16. The largest absolute Gasteiger partial charge is 0.480 e. The molecule has 0 spiro atoms. The summed E-state index contributed by atoms with van der Waals surface area (Å²) in [4.78, 5) is 11.0. The molecule has 2 unspecified atom stereocenters. The lowest BCUT2D eigenvalue weighted by molar-refractivity contribution is -0.144. The van der Waals surface area contributed by atoms with Gasteiger partial charge in [-0.25, -0.2) is 0 Å². The average Bonchev–Trinajstić information content (AvgIpc) is 2.23. The number of hydrogen-bond donors (Lipinski definition) is 2. The molecule has 0 aromatic carbocycles. The van der Waals surface area contributed by atoms with Gasteiger partial charge in [-0.3, -0.25) is 4.79 Å². The van der Waals surface area contributed by atoms with Crippen LogP contribution in [0.1, 0.15) is 40.5 Å². The first-order valence-corrected chi connectivity index (χ1v) is 5.87. The smallest absolute Gasteiger partial charge is 0.323 e. The van der Waals surface area contributed by atoms with E-state index in [0.29, 0.717) is 18.9 Å². The van der Waals surface area contributed by atoms with E-state index in [1.54, 1.807) is 14.0 Å². The fourth-order valence-corrected chi connectivity index (χ4v) is 1.23. The van der Waals surface area contributed by atoms with Crippen LogP contribution in [0.4, 0.5) is 0 Å². The first-order chi connectivity index (χ1) is 7.33. The van der Waals surface area contributed by atoms with Gasteiger partial charge in [-0.1, -0.05) is 13.8 Å².